The number of hydrogen-bond acceptors (Lipinski definition) is 2. The average Bonchev–Trinajstić information content (AvgIpc) is 2.45. The third kappa shape index (κ3) is 6.56. The van der Waals surface area contributed by atoms with Crippen molar-refractivity contribution in [1.29, 1.82) is 0 Å². The van der Waals surface area contributed by atoms with Gasteiger partial charge in [-0.15, -0.1) is 12.4 Å². The van der Waals surface area contributed by atoms with Crippen molar-refractivity contribution in [2.75, 3.05) is 20.1 Å². The maximum Gasteiger partial charge on any atom is 0.222 e. The zero-order valence-electron chi connectivity index (χ0n) is 13.6. The molecule has 2 aliphatic rings. The van der Waals surface area contributed by atoms with Crippen LogP contribution in [-0.2, 0) is 4.79 Å². The summed E-state index contributed by atoms with van der Waals surface area (Å²) in [5.74, 6) is 1.15. The lowest BCUT2D eigenvalue weighted by Gasteiger charge is -2.30. The summed E-state index contributed by atoms with van der Waals surface area (Å²) in [5.41, 5.74) is 0. The normalized spacial score (nSPS) is 22.0. The van der Waals surface area contributed by atoms with Crippen molar-refractivity contribution in [3.63, 3.8) is 0 Å². The van der Waals surface area contributed by atoms with Gasteiger partial charge in [-0.1, -0.05) is 32.1 Å². The van der Waals surface area contributed by atoms with Crippen LogP contribution in [0, 0.1) is 5.92 Å². The number of amides is 1. The Bertz CT molecular complexity index is 285. The fraction of sp³-hybridized carbons (Fsp3) is 0.941. The highest BCUT2D eigenvalue weighted by molar-refractivity contribution is 5.85. The molecule has 124 valence electrons. The van der Waals surface area contributed by atoms with Crippen LogP contribution >= 0.6 is 12.4 Å². The molecule has 0 spiro atoms. The molecule has 0 aromatic rings. The number of nitrogens with zero attached hydrogens (tertiary/aromatic N) is 1. The molecule has 0 aromatic carbocycles. The molecule has 4 heteroatoms. The largest absolute Gasteiger partial charge is 0.343 e. The minimum atomic E-state index is 0. The lowest BCUT2D eigenvalue weighted by molar-refractivity contribution is -0.132. The smallest absolute Gasteiger partial charge is 0.222 e. The standard InChI is InChI=1S/C17H32N2O.ClH/c1-19(16-7-5-3-2-4-6-8-16)17(20)10-9-15-11-13-18-14-12-15;/h15-16,18H,2-14H2,1H3;1H. The van der Waals surface area contributed by atoms with Gasteiger partial charge in [0, 0.05) is 19.5 Å². The SMILES string of the molecule is CN(C(=O)CCC1CCNCC1)C1CCCCCCC1.Cl. The summed E-state index contributed by atoms with van der Waals surface area (Å²) in [6, 6.07) is 0.510. The summed E-state index contributed by atoms with van der Waals surface area (Å²) in [5, 5.41) is 3.39. The lowest BCUT2D eigenvalue weighted by atomic mass is 9.92. The van der Waals surface area contributed by atoms with Gasteiger partial charge in [0.15, 0.2) is 0 Å². The second-order valence-corrected chi connectivity index (χ2v) is 6.74. The van der Waals surface area contributed by atoms with Gasteiger partial charge in [0.05, 0.1) is 0 Å². The van der Waals surface area contributed by atoms with Gasteiger partial charge in [0.1, 0.15) is 0 Å². The van der Waals surface area contributed by atoms with Crippen LogP contribution in [0.1, 0.15) is 70.6 Å². The topological polar surface area (TPSA) is 32.3 Å². The van der Waals surface area contributed by atoms with Gasteiger partial charge in [0.2, 0.25) is 5.91 Å². The zero-order valence-corrected chi connectivity index (χ0v) is 14.4. The van der Waals surface area contributed by atoms with Crippen LogP contribution < -0.4 is 5.32 Å². The molecular formula is C17H33ClN2O. The second kappa shape index (κ2) is 10.4. The van der Waals surface area contributed by atoms with E-state index in [2.05, 4.69) is 10.2 Å². The lowest BCUT2D eigenvalue weighted by Crippen LogP contribution is -2.38. The third-order valence-corrected chi connectivity index (χ3v) is 5.24. The van der Waals surface area contributed by atoms with Crippen LogP contribution in [0.15, 0.2) is 0 Å². The Labute approximate surface area is 136 Å². The van der Waals surface area contributed by atoms with E-state index >= 15 is 0 Å². The van der Waals surface area contributed by atoms with Gasteiger partial charge in [-0.2, -0.15) is 0 Å². The van der Waals surface area contributed by atoms with E-state index in [0.717, 1.165) is 31.8 Å². The van der Waals surface area contributed by atoms with Gasteiger partial charge >= 0.3 is 0 Å². The third-order valence-electron chi connectivity index (χ3n) is 5.24. The molecule has 1 heterocycles. The number of carbonyl (C=O) groups is 1. The molecule has 1 saturated heterocycles. The van der Waals surface area contributed by atoms with Crippen LogP contribution in [0.25, 0.3) is 0 Å². The van der Waals surface area contributed by atoms with Gasteiger partial charge in [0.25, 0.3) is 0 Å². The molecular weight excluding hydrogens is 284 g/mol. The van der Waals surface area contributed by atoms with Crippen molar-refractivity contribution >= 4 is 18.3 Å². The first-order valence-corrected chi connectivity index (χ1v) is 8.74. The first kappa shape index (κ1) is 18.8. The molecule has 0 aromatic heterocycles. The summed E-state index contributed by atoms with van der Waals surface area (Å²) in [4.78, 5) is 14.5. The Morgan fingerprint density at radius 3 is 2.19 bits per heavy atom. The van der Waals surface area contributed by atoms with Crippen molar-refractivity contribution in [3.05, 3.63) is 0 Å². The average molecular weight is 317 g/mol. The molecule has 1 amide bonds. The van der Waals surface area contributed by atoms with Crippen LogP contribution in [0.2, 0.25) is 0 Å². The van der Waals surface area contributed by atoms with E-state index in [-0.39, 0.29) is 12.4 Å². The Kier molecular flexibility index (Phi) is 9.34. The highest BCUT2D eigenvalue weighted by Gasteiger charge is 2.21. The van der Waals surface area contributed by atoms with Crippen molar-refractivity contribution in [2.45, 2.75) is 76.7 Å². The number of halogens is 1. The molecule has 0 bridgehead atoms. The van der Waals surface area contributed by atoms with E-state index in [9.17, 15) is 4.79 Å². The van der Waals surface area contributed by atoms with Crippen molar-refractivity contribution < 1.29 is 4.79 Å². The van der Waals surface area contributed by atoms with Gasteiger partial charge in [-0.3, -0.25) is 4.79 Å². The molecule has 1 saturated carbocycles. The number of hydrogen-bond donors (Lipinski definition) is 1. The van der Waals surface area contributed by atoms with E-state index in [1.165, 1.54) is 57.8 Å². The minimum Gasteiger partial charge on any atom is -0.343 e. The van der Waals surface area contributed by atoms with Crippen LogP contribution in [0.3, 0.4) is 0 Å². The summed E-state index contributed by atoms with van der Waals surface area (Å²) in [6.45, 7) is 2.27. The fourth-order valence-corrected chi connectivity index (χ4v) is 3.70. The Hall–Kier alpha value is -0.280. The van der Waals surface area contributed by atoms with E-state index < -0.39 is 0 Å². The molecule has 1 N–H and O–H groups in total. The quantitative estimate of drug-likeness (QED) is 0.856. The summed E-state index contributed by atoms with van der Waals surface area (Å²) in [7, 11) is 2.04. The van der Waals surface area contributed by atoms with E-state index in [1.807, 2.05) is 7.05 Å². The number of piperidine rings is 1. The minimum absolute atomic E-state index is 0. The predicted molar refractivity (Wildman–Crippen MR) is 91.0 cm³/mol. The molecule has 1 aliphatic heterocycles. The van der Waals surface area contributed by atoms with Crippen LogP contribution in [-0.4, -0.2) is 37.0 Å². The van der Waals surface area contributed by atoms with Gasteiger partial charge in [-0.05, 0) is 51.1 Å². The maximum atomic E-state index is 12.4. The molecule has 0 radical (unpaired) electrons. The van der Waals surface area contributed by atoms with E-state index in [0.29, 0.717) is 11.9 Å². The van der Waals surface area contributed by atoms with Crippen LogP contribution in [0.4, 0.5) is 0 Å². The number of nitrogens with one attached hydrogen (secondary N) is 1. The highest BCUT2D eigenvalue weighted by Crippen LogP contribution is 2.23. The second-order valence-electron chi connectivity index (χ2n) is 6.74. The Morgan fingerprint density at radius 2 is 1.57 bits per heavy atom. The summed E-state index contributed by atoms with van der Waals surface area (Å²) < 4.78 is 0. The molecule has 21 heavy (non-hydrogen) atoms. The van der Waals surface area contributed by atoms with Gasteiger partial charge < -0.3 is 10.2 Å². The molecule has 0 atom stereocenters. The fourth-order valence-electron chi connectivity index (χ4n) is 3.70. The molecule has 0 unspecified atom stereocenters. The number of carbonyl (C=O) groups excluding carboxylic acids is 1. The first-order chi connectivity index (χ1) is 9.77. The monoisotopic (exact) mass is 316 g/mol. The highest BCUT2D eigenvalue weighted by atomic mass is 35.5. The predicted octanol–water partition coefficient (Wildman–Crippen LogP) is 3.76. The molecule has 3 nitrogen and oxygen atoms in total. The Morgan fingerprint density at radius 1 is 1.00 bits per heavy atom. The zero-order chi connectivity index (χ0) is 14.2. The number of rotatable bonds is 4. The van der Waals surface area contributed by atoms with Crippen molar-refractivity contribution in [3.8, 4) is 0 Å². The van der Waals surface area contributed by atoms with E-state index in [1.54, 1.807) is 0 Å². The van der Waals surface area contributed by atoms with Crippen molar-refractivity contribution in [1.82, 2.24) is 10.2 Å². The maximum absolute atomic E-state index is 12.4. The summed E-state index contributed by atoms with van der Waals surface area (Å²) in [6.07, 6.45) is 13.5. The summed E-state index contributed by atoms with van der Waals surface area (Å²) >= 11 is 0. The van der Waals surface area contributed by atoms with Crippen LogP contribution in [0.5, 0.6) is 0 Å². The Balaban J connectivity index is 0.00000220. The molecule has 2 rings (SSSR count). The first-order valence-electron chi connectivity index (χ1n) is 8.74. The van der Waals surface area contributed by atoms with Crippen molar-refractivity contribution in [2.24, 2.45) is 5.92 Å². The molecule has 1 aliphatic carbocycles. The molecule has 2 fully saturated rings. The van der Waals surface area contributed by atoms with E-state index in [4.69, 9.17) is 0 Å². The van der Waals surface area contributed by atoms with Gasteiger partial charge in [-0.25, -0.2) is 0 Å².